The molecule has 238 valence electrons. The number of benzene rings is 9. The molecule has 0 amide bonds. The van der Waals surface area contributed by atoms with E-state index >= 15 is 0 Å². The lowest BCUT2D eigenvalue weighted by Gasteiger charge is -2.29. The van der Waals surface area contributed by atoms with Crippen molar-refractivity contribution in [2.45, 2.75) is 6.92 Å². The quantitative estimate of drug-likeness (QED) is 0.184. The first-order chi connectivity index (χ1) is 25.2. The van der Waals surface area contributed by atoms with Crippen LogP contribution in [0.3, 0.4) is 0 Å². The zero-order valence-electron chi connectivity index (χ0n) is 28.1. The summed E-state index contributed by atoms with van der Waals surface area (Å²) in [6.45, 7) is 2.32. The molecule has 1 heterocycles. The monoisotopic (exact) mass is 648 g/mol. The normalized spacial score (nSPS) is 12.0. The largest absolute Gasteiger partial charge is 0.310 e. The van der Waals surface area contributed by atoms with Crippen molar-refractivity contribution in [1.29, 1.82) is 0 Å². The van der Waals surface area contributed by atoms with Gasteiger partial charge in [-0.05, 0) is 104 Å². The first kappa shape index (κ1) is 28.2. The van der Waals surface area contributed by atoms with Gasteiger partial charge in [-0.25, -0.2) is 0 Å². The molecule has 0 saturated heterocycles. The molecule has 2 heteroatoms. The Hall–Kier alpha value is -6.64. The van der Waals surface area contributed by atoms with Crippen LogP contribution in [0, 0.1) is 6.92 Å². The first-order valence-corrected chi connectivity index (χ1v) is 17.7. The standard InChI is InChI=1S/C49H32N2/c1-31-48(50(35-17-3-2-4-18-35)36-27-26-32-14-5-6-15-33(32)28-36)42-22-10-9-21-41(42)47-43-23-11-12-25-45(43)51(49(31)47)37-29-34-16-13-24-40-38-19-7-8-20-39(38)44(30-37)46(34)40/h2-30H,1H3. The molecule has 11 rings (SSSR count). The highest BCUT2D eigenvalue weighted by molar-refractivity contribution is 6.26. The second kappa shape index (κ2) is 10.7. The maximum atomic E-state index is 2.53. The van der Waals surface area contributed by atoms with E-state index in [0.29, 0.717) is 0 Å². The lowest BCUT2D eigenvalue weighted by Crippen LogP contribution is -2.12. The summed E-state index contributed by atoms with van der Waals surface area (Å²) in [5.74, 6) is 0. The van der Waals surface area contributed by atoms with Crippen LogP contribution in [-0.2, 0) is 0 Å². The molecule has 0 aliphatic heterocycles. The molecule has 10 aromatic rings. The topological polar surface area (TPSA) is 8.17 Å². The Morgan fingerprint density at radius 3 is 1.90 bits per heavy atom. The Bertz CT molecular complexity index is 3040. The lowest BCUT2D eigenvalue weighted by molar-refractivity contribution is 1.17. The van der Waals surface area contributed by atoms with Crippen LogP contribution in [0.2, 0.25) is 0 Å². The number of aryl methyl sites for hydroxylation is 1. The molecule has 1 aliphatic carbocycles. The maximum Gasteiger partial charge on any atom is 0.0597 e. The highest BCUT2D eigenvalue weighted by Crippen LogP contribution is 2.51. The molecule has 1 aromatic heterocycles. The van der Waals surface area contributed by atoms with Crippen LogP contribution in [-0.4, -0.2) is 4.57 Å². The smallest absolute Gasteiger partial charge is 0.0597 e. The van der Waals surface area contributed by atoms with E-state index in [-0.39, 0.29) is 0 Å². The van der Waals surface area contributed by atoms with Crippen LogP contribution in [0.25, 0.3) is 82.1 Å². The predicted octanol–water partition coefficient (Wildman–Crippen LogP) is 13.7. The van der Waals surface area contributed by atoms with E-state index in [1.54, 1.807) is 0 Å². The van der Waals surface area contributed by atoms with E-state index in [1.807, 2.05) is 0 Å². The minimum atomic E-state index is 1.13. The van der Waals surface area contributed by atoms with Crippen molar-refractivity contribution in [3.05, 3.63) is 181 Å². The Balaban J connectivity index is 1.29. The second-order valence-electron chi connectivity index (χ2n) is 13.7. The van der Waals surface area contributed by atoms with E-state index in [9.17, 15) is 0 Å². The fourth-order valence-corrected chi connectivity index (χ4v) is 8.88. The van der Waals surface area contributed by atoms with Crippen LogP contribution in [0.4, 0.5) is 17.1 Å². The summed E-state index contributed by atoms with van der Waals surface area (Å²) in [7, 11) is 0. The van der Waals surface area contributed by atoms with Crippen LogP contribution >= 0.6 is 0 Å². The van der Waals surface area contributed by atoms with E-state index in [2.05, 4.69) is 192 Å². The molecule has 0 saturated carbocycles. The highest BCUT2D eigenvalue weighted by Gasteiger charge is 2.27. The number of hydrogen-bond acceptors (Lipinski definition) is 1. The SMILES string of the molecule is Cc1c(N(c2ccccc2)c2ccc3ccccc3c2)c2ccccc2c2c3ccccc3n(-c3cc4c5c(cccc5c3)-c3ccccc3-4)c12. The molecule has 0 radical (unpaired) electrons. The van der Waals surface area contributed by atoms with Gasteiger partial charge in [-0.15, -0.1) is 0 Å². The summed E-state index contributed by atoms with van der Waals surface area (Å²) < 4.78 is 2.53. The van der Waals surface area contributed by atoms with Gasteiger partial charge < -0.3 is 9.47 Å². The lowest BCUT2D eigenvalue weighted by atomic mass is 9.96. The third-order valence-corrected chi connectivity index (χ3v) is 11.0. The van der Waals surface area contributed by atoms with Gasteiger partial charge in [-0.1, -0.05) is 133 Å². The third-order valence-electron chi connectivity index (χ3n) is 11.0. The minimum absolute atomic E-state index is 1.13. The third kappa shape index (κ3) is 3.99. The molecule has 0 bridgehead atoms. The van der Waals surface area contributed by atoms with Crippen LogP contribution < -0.4 is 4.90 Å². The van der Waals surface area contributed by atoms with Gasteiger partial charge in [-0.2, -0.15) is 0 Å². The van der Waals surface area contributed by atoms with Crippen LogP contribution in [0.15, 0.2) is 176 Å². The molecule has 2 nitrogen and oxygen atoms in total. The van der Waals surface area contributed by atoms with Gasteiger partial charge >= 0.3 is 0 Å². The van der Waals surface area contributed by atoms with E-state index in [0.717, 1.165) is 11.4 Å². The van der Waals surface area contributed by atoms with Crippen molar-refractivity contribution in [3.8, 4) is 27.9 Å². The van der Waals surface area contributed by atoms with Gasteiger partial charge in [0, 0.05) is 33.2 Å². The van der Waals surface area contributed by atoms with Crippen LogP contribution in [0.1, 0.15) is 5.56 Å². The minimum Gasteiger partial charge on any atom is -0.310 e. The molecule has 0 fully saturated rings. The zero-order chi connectivity index (χ0) is 33.6. The van der Waals surface area contributed by atoms with E-state index < -0.39 is 0 Å². The Labute approximate surface area is 296 Å². The number of nitrogens with zero attached hydrogens (tertiary/aromatic N) is 2. The van der Waals surface area contributed by atoms with Crippen molar-refractivity contribution < 1.29 is 0 Å². The van der Waals surface area contributed by atoms with Crippen molar-refractivity contribution >= 4 is 71.2 Å². The van der Waals surface area contributed by atoms with Crippen molar-refractivity contribution in [3.63, 3.8) is 0 Å². The molecule has 0 spiro atoms. The number of aromatic nitrogens is 1. The Morgan fingerprint density at radius 1 is 0.412 bits per heavy atom. The van der Waals surface area contributed by atoms with Crippen molar-refractivity contribution in [2.75, 3.05) is 4.90 Å². The van der Waals surface area contributed by atoms with Crippen molar-refractivity contribution in [2.24, 2.45) is 0 Å². The maximum absolute atomic E-state index is 2.53. The second-order valence-corrected chi connectivity index (χ2v) is 13.7. The van der Waals surface area contributed by atoms with E-state index in [4.69, 9.17) is 0 Å². The average molecular weight is 649 g/mol. The number of fused-ring (bicyclic) bond motifs is 9. The molecule has 51 heavy (non-hydrogen) atoms. The summed E-state index contributed by atoms with van der Waals surface area (Å²) >= 11 is 0. The highest BCUT2D eigenvalue weighted by atomic mass is 15.1. The molecule has 1 aliphatic rings. The first-order valence-electron chi connectivity index (χ1n) is 17.7. The molecule has 0 atom stereocenters. The molecule has 0 unspecified atom stereocenters. The number of para-hydroxylation sites is 2. The summed E-state index contributed by atoms with van der Waals surface area (Å²) in [6, 6.07) is 64.6. The summed E-state index contributed by atoms with van der Waals surface area (Å²) in [6.07, 6.45) is 0. The van der Waals surface area contributed by atoms with Gasteiger partial charge in [0.25, 0.3) is 0 Å². The van der Waals surface area contributed by atoms with Crippen molar-refractivity contribution in [1.82, 2.24) is 4.57 Å². The van der Waals surface area contributed by atoms with Crippen LogP contribution in [0.5, 0.6) is 0 Å². The molecule has 0 N–H and O–H groups in total. The van der Waals surface area contributed by atoms with Gasteiger partial charge in [-0.3, -0.25) is 0 Å². The van der Waals surface area contributed by atoms with Gasteiger partial charge in [0.1, 0.15) is 0 Å². The molecular weight excluding hydrogens is 617 g/mol. The summed E-state index contributed by atoms with van der Waals surface area (Å²) in [5, 5.41) is 10.1. The summed E-state index contributed by atoms with van der Waals surface area (Å²) in [4.78, 5) is 2.47. The molecule has 9 aromatic carbocycles. The number of hydrogen-bond donors (Lipinski definition) is 0. The average Bonchev–Trinajstić information content (AvgIpc) is 3.71. The number of rotatable bonds is 4. The molecular formula is C49H32N2. The summed E-state index contributed by atoms with van der Waals surface area (Å²) in [5.41, 5.74) is 13.6. The van der Waals surface area contributed by atoms with Gasteiger partial charge in [0.15, 0.2) is 0 Å². The Kier molecular flexibility index (Phi) is 5.91. The van der Waals surface area contributed by atoms with Gasteiger partial charge in [0.2, 0.25) is 0 Å². The van der Waals surface area contributed by atoms with E-state index in [1.165, 1.54) is 93.3 Å². The van der Waals surface area contributed by atoms with Gasteiger partial charge in [0.05, 0.1) is 16.7 Å². The fourth-order valence-electron chi connectivity index (χ4n) is 8.88. The zero-order valence-corrected chi connectivity index (χ0v) is 28.1. The fraction of sp³-hybridized carbons (Fsp3) is 0.0204. The number of anilines is 3. The predicted molar refractivity (Wildman–Crippen MR) is 217 cm³/mol. The Morgan fingerprint density at radius 2 is 1.06 bits per heavy atom.